The maximum absolute atomic E-state index is 12.1. The van der Waals surface area contributed by atoms with Crippen LogP contribution in [0, 0.1) is 11.8 Å². The number of rotatable bonds is 3. The second kappa shape index (κ2) is 5.81. The van der Waals surface area contributed by atoms with Crippen molar-refractivity contribution in [2.75, 3.05) is 19.6 Å². The van der Waals surface area contributed by atoms with Gasteiger partial charge in [-0.05, 0) is 11.5 Å². The monoisotopic (exact) mass is 310 g/mol. The van der Waals surface area contributed by atoms with Gasteiger partial charge in [0.2, 0.25) is 5.91 Å². The summed E-state index contributed by atoms with van der Waals surface area (Å²) in [6.07, 6.45) is 3.86. The zero-order valence-corrected chi connectivity index (χ0v) is 13.4. The lowest BCUT2D eigenvalue weighted by molar-refractivity contribution is -0.130. The van der Waals surface area contributed by atoms with Gasteiger partial charge in [0.1, 0.15) is 0 Å². The number of nitrogens with zero attached hydrogens (tertiary/aromatic N) is 3. The highest BCUT2D eigenvalue weighted by Crippen LogP contribution is 2.45. The number of carbonyl (C=O) groups is 1. The molecule has 0 saturated carbocycles. The van der Waals surface area contributed by atoms with Crippen LogP contribution in [0.5, 0.6) is 0 Å². The first-order valence-electron chi connectivity index (χ1n) is 8.24. The second-order valence-electron chi connectivity index (χ2n) is 6.75. The molecule has 5 heteroatoms. The van der Waals surface area contributed by atoms with Crippen molar-refractivity contribution in [2.45, 2.75) is 19.5 Å². The van der Waals surface area contributed by atoms with E-state index in [1.165, 1.54) is 11.1 Å². The topological polar surface area (TPSA) is 52.2 Å². The smallest absolute Gasteiger partial charge is 0.219 e. The van der Waals surface area contributed by atoms with E-state index in [1.54, 1.807) is 6.92 Å². The summed E-state index contributed by atoms with van der Waals surface area (Å²) in [6, 6.07) is 10.7. The number of fused-ring (bicyclic) bond motifs is 1. The van der Waals surface area contributed by atoms with Crippen LogP contribution in [-0.4, -0.2) is 45.5 Å². The molecule has 2 fully saturated rings. The van der Waals surface area contributed by atoms with Gasteiger partial charge in [-0.15, -0.1) is 0 Å². The molecule has 1 aromatic carbocycles. The number of aromatic nitrogens is 2. The van der Waals surface area contributed by atoms with Gasteiger partial charge in [-0.25, -0.2) is 0 Å². The SMILES string of the molecule is CC(=O)N1C[C@H]2CN(Cc3cn[nH]c3)C[C@H]2[C@@H]1c1ccccc1. The number of carbonyl (C=O) groups excluding carboxylic acids is 1. The highest BCUT2D eigenvalue weighted by Gasteiger charge is 2.48. The molecule has 2 aromatic rings. The van der Waals surface area contributed by atoms with Crippen molar-refractivity contribution in [3.8, 4) is 0 Å². The van der Waals surface area contributed by atoms with E-state index in [0.717, 1.165) is 26.2 Å². The average Bonchev–Trinajstić information content (AvgIpc) is 3.24. The summed E-state index contributed by atoms with van der Waals surface area (Å²) in [4.78, 5) is 16.7. The molecule has 0 spiro atoms. The number of hydrogen-bond donors (Lipinski definition) is 1. The minimum Gasteiger partial charge on any atom is -0.335 e. The number of aromatic amines is 1. The van der Waals surface area contributed by atoms with Gasteiger partial charge in [-0.1, -0.05) is 30.3 Å². The van der Waals surface area contributed by atoms with Crippen LogP contribution in [0.4, 0.5) is 0 Å². The third-order valence-electron chi connectivity index (χ3n) is 5.25. The first kappa shape index (κ1) is 14.5. The first-order chi connectivity index (χ1) is 11.2. The molecule has 23 heavy (non-hydrogen) atoms. The Hall–Kier alpha value is -2.14. The summed E-state index contributed by atoms with van der Waals surface area (Å²) in [7, 11) is 0. The molecule has 4 rings (SSSR count). The summed E-state index contributed by atoms with van der Waals surface area (Å²) in [5.74, 6) is 1.28. The fraction of sp³-hybridized carbons (Fsp3) is 0.444. The highest BCUT2D eigenvalue weighted by molar-refractivity contribution is 5.74. The number of benzene rings is 1. The Balaban J connectivity index is 1.55. The van der Waals surface area contributed by atoms with Gasteiger partial charge < -0.3 is 4.90 Å². The van der Waals surface area contributed by atoms with Gasteiger partial charge in [0.25, 0.3) is 0 Å². The minimum absolute atomic E-state index is 0.189. The molecular weight excluding hydrogens is 288 g/mol. The Morgan fingerprint density at radius 2 is 2.09 bits per heavy atom. The van der Waals surface area contributed by atoms with E-state index in [2.05, 4.69) is 44.3 Å². The van der Waals surface area contributed by atoms with Gasteiger partial charge >= 0.3 is 0 Å². The molecule has 2 aliphatic rings. The fourth-order valence-corrected chi connectivity index (χ4v) is 4.29. The van der Waals surface area contributed by atoms with Crippen molar-refractivity contribution in [3.63, 3.8) is 0 Å². The van der Waals surface area contributed by atoms with Crippen LogP contribution in [0.2, 0.25) is 0 Å². The van der Waals surface area contributed by atoms with E-state index >= 15 is 0 Å². The van der Waals surface area contributed by atoms with Crippen molar-refractivity contribution in [2.24, 2.45) is 11.8 Å². The van der Waals surface area contributed by atoms with E-state index in [4.69, 9.17) is 0 Å². The Labute approximate surface area is 136 Å². The molecule has 5 nitrogen and oxygen atoms in total. The summed E-state index contributed by atoms with van der Waals surface area (Å²) in [5.41, 5.74) is 2.49. The van der Waals surface area contributed by atoms with E-state index in [1.807, 2.05) is 18.5 Å². The van der Waals surface area contributed by atoms with Crippen LogP contribution in [0.25, 0.3) is 0 Å². The quantitative estimate of drug-likeness (QED) is 0.944. The molecule has 0 unspecified atom stereocenters. The lowest BCUT2D eigenvalue weighted by Crippen LogP contribution is -2.34. The van der Waals surface area contributed by atoms with Gasteiger partial charge in [0.05, 0.1) is 12.2 Å². The van der Waals surface area contributed by atoms with E-state index in [-0.39, 0.29) is 11.9 Å². The molecule has 120 valence electrons. The maximum Gasteiger partial charge on any atom is 0.219 e. The van der Waals surface area contributed by atoms with Crippen LogP contribution in [0.3, 0.4) is 0 Å². The third kappa shape index (κ3) is 2.65. The average molecular weight is 310 g/mol. The van der Waals surface area contributed by atoms with Crippen molar-refractivity contribution >= 4 is 5.91 Å². The fourth-order valence-electron chi connectivity index (χ4n) is 4.29. The summed E-state index contributed by atoms with van der Waals surface area (Å²) < 4.78 is 0. The highest BCUT2D eigenvalue weighted by atomic mass is 16.2. The molecular formula is C18H22N4O. The molecule has 3 heterocycles. The van der Waals surface area contributed by atoms with Crippen LogP contribution in [0.1, 0.15) is 24.1 Å². The number of hydrogen-bond acceptors (Lipinski definition) is 3. The van der Waals surface area contributed by atoms with Gasteiger partial charge in [-0.3, -0.25) is 14.8 Å². The molecule has 1 aromatic heterocycles. The van der Waals surface area contributed by atoms with Crippen LogP contribution in [-0.2, 0) is 11.3 Å². The molecule has 3 atom stereocenters. The van der Waals surface area contributed by atoms with Crippen LogP contribution >= 0.6 is 0 Å². The Kier molecular flexibility index (Phi) is 3.65. The first-order valence-corrected chi connectivity index (χ1v) is 8.24. The molecule has 1 amide bonds. The number of nitrogens with one attached hydrogen (secondary N) is 1. The molecule has 0 bridgehead atoms. The second-order valence-corrected chi connectivity index (χ2v) is 6.75. The van der Waals surface area contributed by atoms with Crippen LogP contribution in [0.15, 0.2) is 42.7 Å². The predicted octanol–water partition coefficient (Wildman–Crippen LogP) is 2.06. The predicted molar refractivity (Wildman–Crippen MR) is 87.4 cm³/mol. The lowest BCUT2D eigenvalue weighted by atomic mass is 9.89. The van der Waals surface area contributed by atoms with Crippen molar-refractivity contribution in [1.29, 1.82) is 0 Å². The Morgan fingerprint density at radius 3 is 2.78 bits per heavy atom. The van der Waals surface area contributed by atoms with E-state index in [9.17, 15) is 4.79 Å². The van der Waals surface area contributed by atoms with Crippen LogP contribution < -0.4 is 0 Å². The van der Waals surface area contributed by atoms with Gasteiger partial charge in [0, 0.05) is 50.8 Å². The van der Waals surface area contributed by atoms with Crippen molar-refractivity contribution in [3.05, 3.63) is 53.9 Å². The largest absolute Gasteiger partial charge is 0.335 e. The van der Waals surface area contributed by atoms with Crippen molar-refractivity contribution < 1.29 is 4.79 Å². The molecule has 0 aliphatic carbocycles. The zero-order valence-electron chi connectivity index (χ0n) is 13.4. The number of amides is 1. The lowest BCUT2D eigenvalue weighted by Gasteiger charge is -2.29. The molecule has 2 saturated heterocycles. The van der Waals surface area contributed by atoms with Gasteiger partial charge in [0.15, 0.2) is 0 Å². The Morgan fingerprint density at radius 1 is 1.26 bits per heavy atom. The molecule has 0 radical (unpaired) electrons. The minimum atomic E-state index is 0.189. The number of likely N-dealkylation sites (tertiary alicyclic amines) is 2. The number of H-pyrrole nitrogens is 1. The molecule has 2 aliphatic heterocycles. The summed E-state index contributed by atoms with van der Waals surface area (Å²) in [6.45, 7) is 5.61. The summed E-state index contributed by atoms with van der Waals surface area (Å²) >= 11 is 0. The summed E-state index contributed by atoms with van der Waals surface area (Å²) in [5, 5.41) is 6.91. The van der Waals surface area contributed by atoms with Crippen molar-refractivity contribution in [1.82, 2.24) is 20.0 Å². The Bertz CT molecular complexity index is 670. The normalized spacial score (nSPS) is 27.3. The van der Waals surface area contributed by atoms with E-state index in [0.29, 0.717) is 11.8 Å². The van der Waals surface area contributed by atoms with E-state index < -0.39 is 0 Å². The maximum atomic E-state index is 12.1. The molecule has 1 N–H and O–H groups in total. The zero-order chi connectivity index (χ0) is 15.8. The third-order valence-corrected chi connectivity index (χ3v) is 5.25. The standard InChI is InChI=1S/C18H22N4O/c1-13(23)22-11-16-10-21(9-14-7-19-20-8-14)12-17(16)18(22)15-5-3-2-4-6-15/h2-8,16-18H,9-12H2,1H3,(H,19,20)/t16-,17-,18+/m1/s1. The van der Waals surface area contributed by atoms with Gasteiger partial charge in [-0.2, -0.15) is 5.10 Å².